The van der Waals surface area contributed by atoms with Gasteiger partial charge in [-0.15, -0.1) is 0 Å². The first kappa shape index (κ1) is 11.6. The van der Waals surface area contributed by atoms with Crippen LogP contribution in [0.15, 0.2) is 12.4 Å². The SMILES string of the molecule is CNCC1(Cc2cnn(C)c2)CCOC1C. The minimum Gasteiger partial charge on any atom is -0.378 e. The highest BCUT2D eigenvalue weighted by Gasteiger charge is 2.41. The molecule has 1 aromatic rings. The number of hydrogen-bond acceptors (Lipinski definition) is 3. The Morgan fingerprint density at radius 2 is 2.50 bits per heavy atom. The summed E-state index contributed by atoms with van der Waals surface area (Å²) >= 11 is 0. The van der Waals surface area contributed by atoms with Gasteiger partial charge in [0.05, 0.1) is 12.3 Å². The summed E-state index contributed by atoms with van der Waals surface area (Å²) in [5, 5.41) is 7.53. The van der Waals surface area contributed by atoms with Crippen molar-refractivity contribution in [1.29, 1.82) is 0 Å². The molecule has 90 valence electrons. The maximum Gasteiger partial charge on any atom is 0.0619 e. The lowest BCUT2D eigenvalue weighted by molar-refractivity contribution is 0.0640. The van der Waals surface area contributed by atoms with Crippen molar-refractivity contribution in [3.05, 3.63) is 18.0 Å². The molecule has 0 spiro atoms. The molecule has 0 saturated carbocycles. The summed E-state index contributed by atoms with van der Waals surface area (Å²) in [6.07, 6.45) is 6.55. The van der Waals surface area contributed by atoms with Crippen molar-refractivity contribution < 1.29 is 4.74 Å². The predicted molar refractivity (Wildman–Crippen MR) is 63.3 cm³/mol. The van der Waals surface area contributed by atoms with Gasteiger partial charge in [-0.2, -0.15) is 5.10 Å². The van der Waals surface area contributed by atoms with Gasteiger partial charge in [-0.1, -0.05) is 0 Å². The van der Waals surface area contributed by atoms with E-state index in [0.29, 0.717) is 6.10 Å². The molecule has 0 amide bonds. The lowest BCUT2D eigenvalue weighted by Gasteiger charge is -2.31. The molecule has 2 unspecified atom stereocenters. The fraction of sp³-hybridized carbons (Fsp3) is 0.750. The number of aryl methyl sites for hydroxylation is 1. The first-order chi connectivity index (χ1) is 7.66. The van der Waals surface area contributed by atoms with Crippen LogP contribution >= 0.6 is 0 Å². The summed E-state index contributed by atoms with van der Waals surface area (Å²) in [6.45, 7) is 4.06. The zero-order valence-electron chi connectivity index (χ0n) is 10.4. The van der Waals surface area contributed by atoms with Crippen molar-refractivity contribution in [3.8, 4) is 0 Å². The van der Waals surface area contributed by atoms with Gasteiger partial charge < -0.3 is 10.1 Å². The van der Waals surface area contributed by atoms with Crippen LogP contribution < -0.4 is 5.32 Å². The van der Waals surface area contributed by atoms with Gasteiger partial charge in [-0.3, -0.25) is 4.68 Å². The number of nitrogens with zero attached hydrogens (tertiary/aromatic N) is 2. The van der Waals surface area contributed by atoms with E-state index in [-0.39, 0.29) is 5.41 Å². The van der Waals surface area contributed by atoms with Crippen molar-refractivity contribution in [1.82, 2.24) is 15.1 Å². The Bertz CT molecular complexity index is 350. The predicted octanol–water partition coefficient (Wildman–Crippen LogP) is 0.977. The first-order valence-corrected chi connectivity index (χ1v) is 5.90. The van der Waals surface area contributed by atoms with E-state index in [2.05, 4.69) is 23.5 Å². The average molecular weight is 223 g/mol. The lowest BCUT2D eigenvalue weighted by atomic mass is 9.77. The summed E-state index contributed by atoms with van der Waals surface area (Å²) < 4.78 is 7.60. The molecule has 0 aliphatic carbocycles. The van der Waals surface area contributed by atoms with Crippen LogP contribution in [0.2, 0.25) is 0 Å². The molecule has 2 atom stereocenters. The maximum absolute atomic E-state index is 5.73. The molecule has 4 heteroatoms. The van der Waals surface area contributed by atoms with E-state index < -0.39 is 0 Å². The van der Waals surface area contributed by atoms with Gasteiger partial charge in [0.25, 0.3) is 0 Å². The second-order valence-corrected chi connectivity index (χ2v) is 4.85. The van der Waals surface area contributed by atoms with Crippen molar-refractivity contribution in [2.24, 2.45) is 12.5 Å². The van der Waals surface area contributed by atoms with Crippen LogP contribution in [0, 0.1) is 5.41 Å². The molecular weight excluding hydrogens is 202 g/mol. The van der Waals surface area contributed by atoms with Gasteiger partial charge >= 0.3 is 0 Å². The molecule has 1 aliphatic heterocycles. The van der Waals surface area contributed by atoms with Crippen molar-refractivity contribution >= 4 is 0 Å². The molecule has 4 nitrogen and oxygen atoms in total. The lowest BCUT2D eigenvalue weighted by Crippen LogP contribution is -2.40. The molecule has 0 bridgehead atoms. The molecule has 0 aromatic carbocycles. The zero-order valence-corrected chi connectivity index (χ0v) is 10.4. The normalized spacial score (nSPS) is 29.8. The van der Waals surface area contributed by atoms with Gasteiger partial charge in [0.2, 0.25) is 0 Å². The molecule has 2 rings (SSSR count). The van der Waals surface area contributed by atoms with Crippen LogP contribution in [0.1, 0.15) is 18.9 Å². The molecular formula is C12H21N3O. The van der Waals surface area contributed by atoms with Crippen molar-refractivity contribution in [2.45, 2.75) is 25.9 Å². The standard InChI is InChI=1S/C12H21N3O/c1-10-12(9-13-2,4-5-16-10)6-11-7-14-15(3)8-11/h7-8,10,13H,4-6,9H2,1-3H3. The molecule has 1 fully saturated rings. The number of rotatable bonds is 4. The van der Waals surface area contributed by atoms with E-state index in [4.69, 9.17) is 4.74 Å². The second kappa shape index (κ2) is 4.55. The number of hydrogen-bond donors (Lipinski definition) is 1. The third-order valence-electron chi connectivity index (χ3n) is 3.67. The maximum atomic E-state index is 5.73. The van der Waals surface area contributed by atoms with E-state index in [1.165, 1.54) is 5.56 Å². The van der Waals surface area contributed by atoms with Gasteiger partial charge in [0.1, 0.15) is 0 Å². The highest BCUT2D eigenvalue weighted by atomic mass is 16.5. The van der Waals surface area contributed by atoms with Crippen LogP contribution in [0.5, 0.6) is 0 Å². The Labute approximate surface area is 97.0 Å². The number of nitrogens with one attached hydrogen (secondary N) is 1. The Balaban J connectivity index is 2.14. The van der Waals surface area contributed by atoms with Gasteiger partial charge in [0.15, 0.2) is 0 Å². The van der Waals surface area contributed by atoms with E-state index in [1.54, 1.807) is 0 Å². The Morgan fingerprint density at radius 1 is 1.69 bits per heavy atom. The van der Waals surface area contributed by atoms with Gasteiger partial charge in [-0.05, 0) is 32.4 Å². The fourth-order valence-electron chi connectivity index (χ4n) is 2.67. The number of aromatic nitrogens is 2. The summed E-state index contributed by atoms with van der Waals surface area (Å²) in [4.78, 5) is 0. The quantitative estimate of drug-likeness (QED) is 0.827. The first-order valence-electron chi connectivity index (χ1n) is 5.90. The van der Waals surface area contributed by atoms with Crippen LogP contribution in [0.25, 0.3) is 0 Å². The van der Waals surface area contributed by atoms with Gasteiger partial charge in [-0.25, -0.2) is 0 Å². The van der Waals surface area contributed by atoms with Crippen molar-refractivity contribution in [3.63, 3.8) is 0 Å². The minimum absolute atomic E-state index is 0.234. The Morgan fingerprint density at radius 3 is 3.00 bits per heavy atom. The summed E-state index contributed by atoms with van der Waals surface area (Å²) in [5.74, 6) is 0. The van der Waals surface area contributed by atoms with Crippen LogP contribution in [0.3, 0.4) is 0 Å². The fourth-order valence-corrected chi connectivity index (χ4v) is 2.67. The molecule has 16 heavy (non-hydrogen) atoms. The molecule has 2 heterocycles. The van der Waals surface area contributed by atoms with Gasteiger partial charge in [0, 0.05) is 31.8 Å². The molecule has 1 aromatic heterocycles. The Kier molecular flexibility index (Phi) is 3.30. The molecule has 1 aliphatic rings. The molecule has 1 saturated heterocycles. The Hall–Kier alpha value is -0.870. The minimum atomic E-state index is 0.234. The summed E-state index contributed by atoms with van der Waals surface area (Å²) in [5.41, 5.74) is 1.53. The smallest absolute Gasteiger partial charge is 0.0619 e. The molecule has 1 N–H and O–H groups in total. The third kappa shape index (κ3) is 2.13. The third-order valence-corrected chi connectivity index (χ3v) is 3.67. The van der Waals surface area contributed by atoms with Crippen LogP contribution in [-0.4, -0.2) is 36.1 Å². The average Bonchev–Trinajstić information content (AvgIpc) is 2.77. The van der Waals surface area contributed by atoms with Crippen molar-refractivity contribution in [2.75, 3.05) is 20.2 Å². The monoisotopic (exact) mass is 223 g/mol. The summed E-state index contributed by atoms with van der Waals surface area (Å²) in [7, 11) is 3.97. The highest BCUT2D eigenvalue weighted by Crippen LogP contribution is 2.37. The van der Waals surface area contributed by atoms with E-state index in [1.807, 2.05) is 25.0 Å². The second-order valence-electron chi connectivity index (χ2n) is 4.85. The van der Waals surface area contributed by atoms with E-state index >= 15 is 0 Å². The van der Waals surface area contributed by atoms with Crippen LogP contribution in [-0.2, 0) is 18.2 Å². The van der Waals surface area contributed by atoms with E-state index in [0.717, 1.165) is 26.0 Å². The zero-order chi connectivity index (χ0) is 11.6. The topological polar surface area (TPSA) is 39.1 Å². The van der Waals surface area contributed by atoms with Crippen LogP contribution in [0.4, 0.5) is 0 Å². The number of ether oxygens (including phenoxy) is 1. The highest BCUT2D eigenvalue weighted by molar-refractivity contribution is 5.10. The van der Waals surface area contributed by atoms with E-state index in [9.17, 15) is 0 Å². The largest absolute Gasteiger partial charge is 0.378 e. The summed E-state index contributed by atoms with van der Waals surface area (Å²) in [6, 6.07) is 0. The molecule has 0 radical (unpaired) electrons.